The van der Waals surface area contributed by atoms with E-state index in [1.165, 1.54) is 5.56 Å². The second-order valence-electron chi connectivity index (χ2n) is 7.62. The van der Waals surface area contributed by atoms with Gasteiger partial charge in [-0.05, 0) is 28.9 Å². The van der Waals surface area contributed by atoms with Gasteiger partial charge in [0.25, 0.3) is 0 Å². The Morgan fingerprint density at radius 2 is 1.77 bits per heavy atom. The first kappa shape index (κ1) is 23.5. The van der Waals surface area contributed by atoms with Gasteiger partial charge in [-0.3, -0.25) is 4.68 Å². The quantitative estimate of drug-likeness (QED) is 0.276. The van der Waals surface area contributed by atoms with Crippen LogP contribution in [0.4, 0.5) is 0 Å². The molecule has 0 unspecified atom stereocenters. The number of hydrogen-bond donors (Lipinski definition) is 0. The van der Waals surface area contributed by atoms with Gasteiger partial charge in [-0.15, -0.1) is 59.7 Å². The number of rotatable bonds is 3. The Balaban J connectivity index is 0.000000211. The van der Waals surface area contributed by atoms with Crippen molar-refractivity contribution >= 4 is 6.08 Å². The van der Waals surface area contributed by atoms with Crippen LogP contribution in [0.15, 0.2) is 85.8 Å². The Morgan fingerprint density at radius 3 is 2.27 bits per heavy atom. The van der Waals surface area contributed by atoms with Gasteiger partial charge in [0.15, 0.2) is 0 Å². The monoisotopic (exact) mass is 572 g/mol. The fraction of sp³-hybridized carbons (Fsp3) is 0.154. The summed E-state index contributed by atoms with van der Waals surface area (Å²) >= 11 is 0. The maximum Gasteiger partial charge on any atom is 0.0493 e. The van der Waals surface area contributed by atoms with Crippen LogP contribution in [0.5, 0.6) is 0 Å². The van der Waals surface area contributed by atoms with Crippen LogP contribution in [0.25, 0.3) is 23.0 Å². The van der Waals surface area contributed by atoms with Crippen molar-refractivity contribution in [3.8, 4) is 16.9 Å². The van der Waals surface area contributed by atoms with Gasteiger partial charge < -0.3 is 4.98 Å². The van der Waals surface area contributed by atoms with Crippen molar-refractivity contribution in [1.29, 1.82) is 0 Å². The molecule has 0 aliphatic heterocycles. The first-order valence-electron chi connectivity index (χ1n) is 9.55. The third-order valence-electron chi connectivity index (χ3n) is 4.43. The Morgan fingerprint density at radius 1 is 0.933 bits per heavy atom. The van der Waals surface area contributed by atoms with Gasteiger partial charge in [0, 0.05) is 38.7 Å². The summed E-state index contributed by atoms with van der Waals surface area (Å²) in [6.45, 7) is 10.3. The summed E-state index contributed by atoms with van der Waals surface area (Å²) in [4.78, 5) is 4.31. The van der Waals surface area contributed by atoms with E-state index in [0.29, 0.717) is 0 Å². The molecule has 2 aromatic carbocycles. The summed E-state index contributed by atoms with van der Waals surface area (Å²) in [5.74, 6) is 0. The SMILES string of the molecule is C=Cc1c[c-]c(-n2cccn2)cc1.CC(C)(C)c1c[c-]c(-c2ccccn2)cc1.[Ir]. The van der Waals surface area contributed by atoms with Crippen LogP contribution in [0.2, 0.25) is 0 Å². The van der Waals surface area contributed by atoms with Gasteiger partial charge in [-0.1, -0.05) is 32.9 Å². The van der Waals surface area contributed by atoms with Crippen molar-refractivity contribution in [3.05, 3.63) is 109 Å². The van der Waals surface area contributed by atoms with Crippen LogP contribution < -0.4 is 0 Å². The van der Waals surface area contributed by atoms with E-state index in [9.17, 15) is 0 Å². The van der Waals surface area contributed by atoms with Crippen molar-refractivity contribution in [2.24, 2.45) is 0 Å². The van der Waals surface area contributed by atoms with E-state index in [2.05, 4.69) is 67.8 Å². The average Bonchev–Trinajstić information content (AvgIpc) is 3.29. The molecule has 0 aliphatic rings. The van der Waals surface area contributed by atoms with Gasteiger partial charge in [-0.2, -0.15) is 23.3 Å². The molecule has 0 fully saturated rings. The minimum Gasteiger partial charge on any atom is -0.305 e. The van der Waals surface area contributed by atoms with Crippen molar-refractivity contribution in [1.82, 2.24) is 14.8 Å². The fourth-order valence-electron chi connectivity index (χ4n) is 2.68. The molecule has 0 aliphatic carbocycles. The molecule has 1 radical (unpaired) electrons. The molecule has 4 rings (SSSR count). The van der Waals surface area contributed by atoms with Gasteiger partial charge in [-0.25, -0.2) is 0 Å². The molecule has 2 aromatic heterocycles. The van der Waals surface area contributed by atoms with Gasteiger partial charge >= 0.3 is 0 Å². The molecule has 2 heterocycles. The van der Waals surface area contributed by atoms with Crippen molar-refractivity contribution in [2.45, 2.75) is 26.2 Å². The molecule has 0 N–H and O–H groups in total. The van der Waals surface area contributed by atoms with Crippen LogP contribution in [0, 0.1) is 12.1 Å². The Hall–Kier alpha value is -2.81. The van der Waals surface area contributed by atoms with Crippen LogP contribution >= 0.6 is 0 Å². The van der Waals surface area contributed by atoms with Crippen LogP contribution in [0.3, 0.4) is 0 Å². The summed E-state index contributed by atoms with van der Waals surface area (Å²) in [5, 5.41) is 4.10. The molecule has 4 heteroatoms. The Bertz CT molecular complexity index is 1010. The third-order valence-corrected chi connectivity index (χ3v) is 4.43. The van der Waals surface area contributed by atoms with E-state index in [4.69, 9.17) is 0 Å². The van der Waals surface area contributed by atoms with E-state index < -0.39 is 0 Å². The minimum atomic E-state index is 0. The van der Waals surface area contributed by atoms with Crippen LogP contribution in [-0.4, -0.2) is 14.8 Å². The number of hydrogen-bond acceptors (Lipinski definition) is 2. The van der Waals surface area contributed by atoms with E-state index >= 15 is 0 Å². The van der Waals surface area contributed by atoms with Gasteiger partial charge in [0.1, 0.15) is 0 Å². The number of nitrogens with zero attached hydrogens (tertiary/aromatic N) is 3. The van der Waals surface area contributed by atoms with E-state index in [-0.39, 0.29) is 25.5 Å². The first-order chi connectivity index (χ1) is 14.0. The molecular weight excluding hydrogens is 547 g/mol. The standard InChI is InChI=1S/C15H16N.C11H9N2.Ir/c1-15(2,3)13-9-7-12(8-10-13)14-6-4-5-11-16-14;1-2-10-4-6-11(7-5-10)13-9-3-8-12-13;/h4-7,9-11H,1-3H3;2-6,8-9H,1H2;/q2*-1;. The van der Waals surface area contributed by atoms with Gasteiger partial charge in [0.05, 0.1) is 0 Å². The third kappa shape index (κ3) is 6.35. The normalized spacial score (nSPS) is 10.4. The predicted molar refractivity (Wildman–Crippen MR) is 120 cm³/mol. The minimum absolute atomic E-state index is 0. The van der Waals surface area contributed by atoms with Crippen molar-refractivity contribution in [3.63, 3.8) is 0 Å². The Kier molecular flexibility index (Phi) is 8.46. The smallest absolute Gasteiger partial charge is 0.0493 e. The molecule has 3 nitrogen and oxygen atoms in total. The second kappa shape index (κ2) is 10.8. The number of pyridine rings is 1. The zero-order valence-electron chi connectivity index (χ0n) is 17.5. The van der Waals surface area contributed by atoms with E-state index in [1.807, 2.05) is 48.7 Å². The maximum atomic E-state index is 4.31. The molecule has 0 bridgehead atoms. The zero-order valence-corrected chi connectivity index (χ0v) is 19.9. The molecule has 0 amide bonds. The summed E-state index contributed by atoms with van der Waals surface area (Å²) in [6, 6.07) is 26.4. The summed E-state index contributed by atoms with van der Waals surface area (Å²) in [6.07, 6.45) is 7.24. The van der Waals surface area contributed by atoms with E-state index in [0.717, 1.165) is 22.5 Å². The zero-order chi connectivity index (χ0) is 20.7. The predicted octanol–water partition coefficient (Wildman–Crippen LogP) is 6.16. The van der Waals surface area contributed by atoms with Crippen LogP contribution in [0.1, 0.15) is 31.9 Å². The molecule has 4 aromatic rings. The molecule has 155 valence electrons. The Labute approximate surface area is 192 Å². The topological polar surface area (TPSA) is 30.7 Å². The van der Waals surface area contributed by atoms with Crippen molar-refractivity contribution in [2.75, 3.05) is 0 Å². The summed E-state index contributed by atoms with van der Waals surface area (Å²) < 4.78 is 1.77. The summed E-state index contributed by atoms with van der Waals surface area (Å²) in [7, 11) is 0. The first-order valence-corrected chi connectivity index (χ1v) is 9.55. The average molecular weight is 572 g/mol. The number of aromatic nitrogens is 3. The molecule has 30 heavy (non-hydrogen) atoms. The van der Waals surface area contributed by atoms with Gasteiger partial charge in [0.2, 0.25) is 0 Å². The second-order valence-corrected chi connectivity index (χ2v) is 7.62. The summed E-state index contributed by atoms with van der Waals surface area (Å²) in [5.41, 5.74) is 5.51. The fourth-order valence-corrected chi connectivity index (χ4v) is 2.68. The maximum absolute atomic E-state index is 4.31. The van der Waals surface area contributed by atoms with Crippen LogP contribution in [-0.2, 0) is 25.5 Å². The molecule has 0 saturated carbocycles. The van der Waals surface area contributed by atoms with E-state index in [1.54, 1.807) is 23.2 Å². The van der Waals surface area contributed by atoms with Crippen molar-refractivity contribution < 1.29 is 20.1 Å². The largest absolute Gasteiger partial charge is 0.305 e. The molecule has 0 spiro atoms. The molecule has 0 saturated heterocycles. The number of benzene rings is 2. The molecular formula is C26H25IrN3-2. The molecule has 0 atom stereocenters.